The first-order valence-corrected chi connectivity index (χ1v) is 11.9. The van der Waals surface area contributed by atoms with Gasteiger partial charge in [0.25, 0.3) is 0 Å². The van der Waals surface area contributed by atoms with Crippen LogP contribution >= 0.6 is 11.6 Å². The van der Waals surface area contributed by atoms with Crippen molar-refractivity contribution < 1.29 is 18.0 Å². The predicted molar refractivity (Wildman–Crippen MR) is 115 cm³/mol. The summed E-state index contributed by atoms with van der Waals surface area (Å²) < 4.78 is 28.1. The van der Waals surface area contributed by atoms with Gasteiger partial charge >= 0.3 is 0 Å². The summed E-state index contributed by atoms with van der Waals surface area (Å²) in [5.74, 6) is -0.662. The molecule has 1 aromatic carbocycles. The third kappa shape index (κ3) is 9.14. The minimum Gasteiger partial charge on any atom is -0.356 e. The molecule has 2 amide bonds. The molecule has 3 N–H and O–H groups in total. The zero-order chi connectivity index (χ0) is 21.9. The molecule has 7 nitrogen and oxygen atoms in total. The van der Waals surface area contributed by atoms with Crippen molar-refractivity contribution in [2.24, 2.45) is 0 Å². The van der Waals surface area contributed by atoms with Crippen molar-refractivity contribution in [3.05, 3.63) is 28.8 Å². The third-order valence-corrected chi connectivity index (χ3v) is 6.29. The van der Waals surface area contributed by atoms with E-state index in [1.165, 1.54) is 12.1 Å². The maximum atomic E-state index is 12.8. The van der Waals surface area contributed by atoms with Gasteiger partial charge in [0, 0.05) is 19.5 Å². The Balaban J connectivity index is 2.90. The van der Waals surface area contributed by atoms with Crippen LogP contribution in [0, 0.1) is 6.92 Å². The first kappa shape index (κ1) is 25.4. The zero-order valence-corrected chi connectivity index (χ0v) is 19.0. The lowest BCUT2D eigenvalue weighted by Crippen LogP contribution is -2.47. The van der Waals surface area contributed by atoms with E-state index in [1.807, 2.05) is 13.8 Å². The zero-order valence-electron chi connectivity index (χ0n) is 17.4. The first-order valence-electron chi connectivity index (χ1n) is 10.0. The summed E-state index contributed by atoms with van der Waals surface area (Å²) in [6.07, 6.45) is 3.60. The molecule has 0 aromatic heterocycles. The van der Waals surface area contributed by atoms with Crippen molar-refractivity contribution in [3.8, 4) is 0 Å². The van der Waals surface area contributed by atoms with Gasteiger partial charge in [-0.05, 0) is 43.9 Å². The van der Waals surface area contributed by atoms with E-state index < -0.39 is 22.0 Å². The first-order chi connectivity index (χ1) is 13.7. The number of amides is 2. The van der Waals surface area contributed by atoms with E-state index in [2.05, 4.69) is 15.4 Å². The summed E-state index contributed by atoms with van der Waals surface area (Å²) in [6.45, 7) is 6.78. The van der Waals surface area contributed by atoms with Gasteiger partial charge in [-0.25, -0.2) is 8.42 Å². The second kappa shape index (κ2) is 12.8. The van der Waals surface area contributed by atoms with Crippen LogP contribution in [-0.2, 0) is 19.6 Å². The summed E-state index contributed by atoms with van der Waals surface area (Å²) in [6, 6.07) is 3.60. The maximum Gasteiger partial charge on any atom is 0.242 e. The molecule has 0 heterocycles. The topological polar surface area (TPSA) is 104 Å². The molecule has 0 aliphatic heterocycles. The van der Waals surface area contributed by atoms with E-state index >= 15 is 0 Å². The molecule has 0 fully saturated rings. The fourth-order valence-electron chi connectivity index (χ4n) is 2.59. The van der Waals surface area contributed by atoms with E-state index in [1.54, 1.807) is 13.0 Å². The average molecular weight is 446 g/mol. The lowest BCUT2D eigenvalue weighted by molar-refractivity contribution is -0.123. The summed E-state index contributed by atoms with van der Waals surface area (Å²) in [5, 5.41) is 5.58. The summed E-state index contributed by atoms with van der Waals surface area (Å²) in [7, 11) is -4.03. The molecule has 0 saturated carbocycles. The molecule has 0 saturated heterocycles. The Labute approximate surface area is 179 Å². The second-order valence-electron chi connectivity index (χ2n) is 6.99. The van der Waals surface area contributed by atoms with Gasteiger partial charge in [0.05, 0.1) is 5.02 Å². The SMILES string of the molecule is CCCCNC(=O)CCC(NS(=O)(=O)c1cc(C)ccc1Cl)C(=O)NCCCC. The van der Waals surface area contributed by atoms with Gasteiger partial charge in [0.2, 0.25) is 21.8 Å². The average Bonchev–Trinajstić information content (AvgIpc) is 2.67. The summed E-state index contributed by atoms with van der Waals surface area (Å²) >= 11 is 6.06. The number of unbranched alkanes of at least 4 members (excludes halogenated alkanes) is 2. The highest BCUT2D eigenvalue weighted by Crippen LogP contribution is 2.23. The summed E-state index contributed by atoms with van der Waals surface area (Å²) in [4.78, 5) is 24.5. The number of nitrogens with one attached hydrogen (secondary N) is 3. The Bertz CT molecular complexity index is 784. The van der Waals surface area contributed by atoms with Crippen molar-refractivity contribution >= 4 is 33.4 Å². The van der Waals surface area contributed by atoms with Crippen LogP contribution in [0.15, 0.2) is 23.1 Å². The van der Waals surface area contributed by atoms with Crippen LogP contribution in [-0.4, -0.2) is 39.4 Å². The Morgan fingerprint density at radius 1 is 1.07 bits per heavy atom. The van der Waals surface area contributed by atoms with Crippen LogP contribution in [0.5, 0.6) is 0 Å². The maximum absolute atomic E-state index is 12.8. The molecule has 0 bridgehead atoms. The van der Waals surface area contributed by atoms with Gasteiger partial charge in [-0.2, -0.15) is 4.72 Å². The number of hydrogen-bond acceptors (Lipinski definition) is 4. The van der Waals surface area contributed by atoms with Gasteiger partial charge < -0.3 is 10.6 Å². The van der Waals surface area contributed by atoms with Crippen molar-refractivity contribution in [1.29, 1.82) is 0 Å². The van der Waals surface area contributed by atoms with Gasteiger partial charge in [-0.3, -0.25) is 9.59 Å². The number of carbonyl (C=O) groups is 2. The number of halogens is 1. The number of rotatable bonds is 13. The highest BCUT2D eigenvalue weighted by Gasteiger charge is 2.27. The van der Waals surface area contributed by atoms with Gasteiger partial charge in [0.1, 0.15) is 10.9 Å². The van der Waals surface area contributed by atoms with Crippen molar-refractivity contribution in [2.45, 2.75) is 70.2 Å². The molecule has 1 rings (SSSR count). The largest absolute Gasteiger partial charge is 0.356 e. The summed E-state index contributed by atoms with van der Waals surface area (Å²) in [5.41, 5.74) is 0.731. The van der Waals surface area contributed by atoms with Gasteiger partial charge in [-0.1, -0.05) is 44.4 Å². The number of sulfonamides is 1. The molecule has 1 aromatic rings. The van der Waals surface area contributed by atoms with Gasteiger partial charge in [0.15, 0.2) is 0 Å². The van der Waals surface area contributed by atoms with Crippen LogP contribution in [0.3, 0.4) is 0 Å². The Morgan fingerprint density at radius 3 is 2.31 bits per heavy atom. The molecule has 0 aliphatic carbocycles. The molecule has 0 aliphatic rings. The highest BCUT2D eigenvalue weighted by atomic mass is 35.5. The lowest BCUT2D eigenvalue weighted by atomic mass is 10.1. The van der Waals surface area contributed by atoms with Crippen LogP contribution in [0.25, 0.3) is 0 Å². The monoisotopic (exact) mass is 445 g/mol. The normalized spacial score (nSPS) is 12.4. The standard InChI is InChI=1S/C20H32ClN3O4S/c1-4-6-12-22-19(25)11-10-17(20(26)23-13-7-5-2)24-29(27,28)18-14-15(3)8-9-16(18)21/h8-9,14,17,24H,4-7,10-13H2,1-3H3,(H,22,25)(H,23,26). The van der Waals surface area contributed by atoms with Crippen molar-refractivity contribution in [1.82, 2.24) is 15.4 Å². The molecule has 9 heteroatoms. The molecular weight excluding hydrogens is 414 g/mol. The van der Waals surface area contributed by atoms with Crippen LogP contribution < -0.4 is 15.4 Å². The predicted octanol–water partition coefficient (Wildman–Crippen LogP) is 2.91. The molecule has 1 unspecified atom stereocenters. The van der Waals surface area contributed by atoms with Crippen LogP contribution in [0.2, 0.25) is 5.02 Å². The van der Waals surface area contributed by atoms with Crippen molar-refractivity contribution in [2.75, 3.05) is 13.1 Å². The Morgan fingerprint density at radius 2 is 1.69 bits per heavy atom. The second-order valence-corrected chi connectivity index (χ2v) is 9.08. The van der Waals surface area contributed by atoms with Crippen LogP contribution in [0.4, 0.5) is 0 Å². The number of carbonyl (C=O) groups excluding carboxylic acids is 2. The number of aryl methyl sites for hydroxylation is 1. The molecule has 1 atom stereocenters. The molecule has 29 heavy (non-hydrogen) atoms. The number of benzene rings is 1. The van der Waals surface area contributed by atoms with Gasteiger partial charge in [-0.15, -0.1) is 0 Å². The van der Waals surface area contributed by atoms with Crippen molar-refractivity contribution in [3.63, 3.8) is 0 Å². The smallest absolute Gasteiger partial charge is 0.242 e. The Hall–Kier alpha value is -1.64. The lowest BCUT2D eigenvalue weighted by Gasteiger charge is -2.19. The minimum atomic E-state index is -4.03. The molecule has 0 spiro atoms. The van der Waals surface area contributed by atoms with E-state index in [0.29, 0.717) is 13.1 Å². The van der Waals surface area contributed by atoms with E-state index in [9.17, 15) is 18.0 Å². The number of hydrogen-bond donors (Lipinski definition) is 3. The highest BCUT2D eigenvalue weighted by molar-refractivity contribution is 7.89. The minimum absolute atomic E-state index is 0.0413. The molecule has 164 valence electrons. The quantitative estimate of drug-likeness (QED) is 0.406. The Kier molecular flexibility index (Phi) is 11.2. The fourth-order valence-corrected chi connectivity index (χ4v) is 4.41. The van der Waals surface area contributed by atoms with E-state index in [-0.39, 0.29) is 28.7 Å². The third-order valence-electron chi connectivity index (χ3n) is 4.33. The van der Waals surface area contributed by atoms with Crippen LogP contribution in [0.1, 0.15) is 57.9 Å². The fraction of sp³-hybridized carbons (Fsp3) is 0.600. The van der Waals surface area contributed by atoms with E-state index in [4.69, 9.17) is 11.6 Å². The van der Waals surface area contributed by atoms with E-state index in [0.717, 1.165) is 31.2 Å². The molecular formula is C20H32ClN3O4S. The molecule has 0 radical (unpaired) electrons.